The Labute approximate surface area is 254 Å². The van der Waals surface area contributed by atoms with Crippen LogP contribution >= 0.6 is 0 Å². The maximum Gasteiger partial charge on any atom is 0.573 e. The summed E-state index contributed by atoms with van der Waals surface area (Å²) in [5.41, 5.74) is 5.02. The molecule has 0 radical (unpaired) electrons. The molecular formula is C33H34F3N5O3. The SMILES string of the molecule is O=C(NCc1cccnc1)Nc1ccc(OCCc2cc(OC(F)(F)F)ccc2-c2cccc(CN3CCNCC3)c2)cc1. The fraction of sp³-hybridized carbons (Fsp3) is 0.273. The zero-order valence-corrected chi connectivity index (χ0v) is 24.1. The summed E-state index contributed by atoms with van der Waals surface area (Å²) in [6.45, 7) is 5.21. The van der Waals surface area contributed by atoms with Crippen LogP contribution in [0.4, 0.5) is 23.7 Å². The number of hydrogen-bond donors (Lipinski definition) is 3. The van der Waals surface area contributed by atoms with E-state index in [0.717, 1.165) is 55.0 Å². The molecule has 3 N–H and O–H groups in total. The van der Waals surface area contributed by atoms with Gasteiger partial charge >= 0.3 is 12.4 Å². The number of ether oxygens (including phenoxy) is 2. The number of carbonyl (C=O) groups excluding carboxylic acids is 1. The van der Waals surface area contributed by atoms with Gasteiger partial charge in [-0.05, 0) is 76.3 Å². The van der Waals surface area contributed by atoms with E-state index < -0.39 is 6.36 Å². The average molecular weight is 606 g/mol. The van der Waals surface area contributed by atoms with Gasteiger partial charge in [-0.3, -0.25) is 9.88 Å². The molecule has 8 nitrogen and oxygen atoms in total. The molecule has 230 valence electrons. The van der Waals surface area contributed by atoms with E-state index in [1.54, 1.807) is 48.8 Å². The monoisotopic (exact) mass is 605 g/mol. The van der Waals surface area contributed by atoms with Gasteiger partial charge in [-0.15, -0.1) is 13.2 Å². The van der Waals surface area contributed by atoms with Crippen molar-refractivity contribution in [2.24, 2.45) is 0 Å². The van der Waals surface area contributed by atoms with Crippen LogP contribution in [0, 0.1) is 0 Å². The second kappa shape index (κ2) is 14.7. The van der Waals surface area contributed by atoms with Crippen LogP contribution in [0.5, 0.6) is 11.5 Å². The van der Waals surface area contributed by atoms with Crippen LogP contribution < -0.4 is 25.4 Å². The number of urea groups is 1. The van der Waals surface area contributed by atoms with Crippen LogP contribution in [-0.4, -0.2) is 55.1 Å². The first-order valence-electron chi connectivity index (χ1n) is 14.4. The Hall–Kier alpha value is -4.61. The lowest BCUT2D eigenvalue weighted by molar-refractivity contribution is -0.274. The molecule has 0 bridgehead atoms. The lowest BCUT2D eigenvalue weighted by Gasteiger charge is -2.27. The number of hydrogen-bond acceptors (Lipinski definition) is 6. The van der Waals surface area contributed by atoms with Crippen LogP contribution in [0.15, 0.2) is 91.3 Å². The summed E-state index contributed by atoms with van der Waals surface area (Å²) in [5.74, 6) is 0.291. The Balaban J connectivity index is 1.21. The predicted molar refractivity (Wildman–Crippen MR) is 162 cm³/mol. The molecule has 1 saturated heterocycles. The van der Waals surface area contributed by atoms with E-state index in [9.17, 15) is 18.0 Å². The van der Waals surface area contributed by atoms with Gasteiger partial charge in [-0.2, -0.15) is 0 Å². The van der Waals surface area contributed by atoms with Crippen molar-refractivity contribution in [2.45, 2.75) is 25.9 Å². The Morgan fingerprint density at radius 1 is 0.932 bits per heavy atom. The van der Waals surface area contributed by atoms with E-state index in [1.807, 2.05) is 18.2 Å². The quantitative estimate of drug-likeness (QED) is 0.195. The van der Waals surface area contributed by atoms with E-state index in [0.29, 0.717) is 30.0 Å². The molecular weight excluding hydrogens is 571 g/mol. The summed E-state index contributed by atoms with van der Waals surface area (Å²) in [6, 6.07) is 22.7. The number of nitrogens with zero attached hydrogens (tertiary/aromatic N) is 2. The van der Waals surface area contributed by atoms with E-state index in [4.69, 9.17) is 4.74 Å². The summed E-state index contributed by atoms with van der Waals surface area (Å²) in [6.07, 6.45) is -1.09. The summed E-state index contributed by atoms with van der Waals surface area (Å²) in [7, 11) is 0. The number of alkyl halides is 3. The first-order chi connectivity index (χ1) is 21.3. The minimum absolute atomic E-state index is 0.224. The van der Waals surface area contributed by atoms with Gasteiger partial charge in [-0.25, -0.2) is 4.79 Å². The summed E-state index contributed by atoms with van der Waals surface area (Å²) in [5, 5.41) is 8.88. The Morgan fingerprint density at radius 2 is 1.70 bits per heavy atom. The molecule has 0 atom stereocenters. The summed E-state index contributed by atoms with van der Waals surface area (Å²) >= 11 is 0. The molecule has 1 aliphatic heterocycles. The third kappa shape index (κ3) is 9.45. The molecule has 0 aliphatic carbocycles. The predicted octanol–water partition coefficient (Wildman–Crippen LogP) is 6.00. The molecule has 11 heteroatoms. The highest BCUT2D eigenvalue weighted by Crippen LogP contribution is 2.31. The number of halogens is 3. The zero-order valence-electron chi connectivity index (χ0n) is 24.1. The zero-order chi connectivity index (χ0) is 30.8. The van der Waals surface area contributed by atoms with Gasteiger partial charge in [0.2, 0.25) is 0 Å². The molecule has 0 spiro atoms. The molecule has 0 unspecified atom stereocenters. The largest absolute Gasteiger partial charge is 0.573 e. The molecule has 0 saturated carbocycles. The van der Waals surface area contributed by atoms with Crippen molar-refractivity contribution in [1.29, 1.82) is 0 Å². The number of amides is 2. The summed E-state index contributed by atoms with van der Waals surface area (Å²) < 4.78 is 49.1. The maximum atomic E-state index is 13.0. The number of benzene rings is 3. The van der Waals surface area contributed by atoms with Crippen LogP contribution in [-0.2, 0) is 19.5 Å². The van der Waals surface area contributed by atoms with E-state index in [-0.39, 0.29) is 18.4 Å². The Bertz CT molecular complexity index is 1510. The number of rotatable bonds is 11. The molecule has 3 aromatic carbocycles. The Kier molecular flexibility index (Phi) is 10.3. The molecule has 2 heterocycles. The number of pyridine rings is 1. The van der Waals surface area contributed by atoms with Gasteiger partial charge in [0, 0.05) is 63.8 Å². The lowest BCUT2D eigenvalue weighted by Crippen LogP contribution is -2.42. The number of piperazine rings is 1. The topological polar surface area (TPSA) is 87.8 Å². The van der Waals surface area contributed by atoms with Gasteiger partial charge in [0.05, 0.1) is 6.61 Å². The first-order valence-corrected chi connectivity index (χ1v) is 14.4. The van der Waals surface area contributed by atoms with Crippen molar-refractivity contribution >= 4 is 11.7 Å². The number of carbonyl (C=O) groups is 1. The smallest absolute Gasteiger partial charge is 0.493 e. The van der Waals surface area contributed by atoms with Crippen LogP contribution in [0.1, 0.15) is 16.7 Å². The third-order valence-electron chi connectivity index (χ3n) is 7.09. The van der Waals surface area contributed by atoms with Crippen molar-refractivity contribution in [2.75, 3.05) is 38.1 Å². The van der Waals surface area contributed by atoms with Gasteiger partial charge in [0.15, 0.2) is 0 Å². The second-order valence-electron chi connectivity index (χ2n) is 10.4. The minimum Gasteiger partial charge on any atom is -0.493 e. The standard InChI is InChI=1S/C33H34F3N5O3/c34-33(35,36)44-30-10-11-31(26-5-1-3-24(19-26)23-41-16-14-37-15-17-41)27(20-30)12-18-43-29-8-6-28(7-9-29)40-32(42)39-22-25-4-2-13-38-21-25/h1-11,13,19-21,37H,12,14-18,22-23H2,(H2,39,40,42). The Morgan fingerprint density at radius 3 is 2.45 bits per heavy atom. The average Bonchev–Trinajstić information content (AvgIpc) is 3.01. The molecule has 1 aromatic heterocycles. The van der Waals surface area contributed by atoms with E-state index in [2.05, 4.69) is 42.7 Å². The van der Waals surface area contributed by atoms with Gasteiger partial charge in [-0.1, -0.05) is 30.3 Å². The van der Waals surface area contributed by atoms with Crippen molar-refractivity contribution in [3.63, 3.8) is 0 Å². The van der Waals surface area contributed by atoms with Gasteiger partial charge < -0.3 is 25.4 Å². The van der Waals surface area contributed by atoms with E-state index in [1.165, 1.54) is 12.1 Å². The van der Waals surface area contributed by atoms with Crippen molar-refractivity contribution in [3.05, 3.63) is 108 Å². The van der Waals surface area contributed by atoms with E-state index >= 15 is 0 Å². The molecule has 44 heavy (non-hydrogen) atoms. The number of anilines is 1. The molecule has 2 amide bonds. The van der Waals surface area contributed by atoms with Gasteiger partial charge in [0.1, 0.15) is 11.5 Å². The maximum absolute atomic E-state index is 13.0. The highest BCUT2D eigenvalue weighted by atomic mass is 19.4. The van der Waals surface area contributed by atoms with Crippen LogP contribution in [0.25, 0.3) is 11.1 Å². The lowest BCUT2D eigenvalue weighted by atomic mass is 9.96. The fourth-order valence-corrected chi connectivity index (χ4v) is 4.99. The minimum atomic E-state index is -4.79. The molecule has 4 aromatic rings. The highest BCUT2D eigenvalue weighted by molar-refractivity contribution is 5.89. The number of aromatic nitrogens is 1. The summed E-state index contributed by atoms with van der Waals surface area (Å²) in [4.78, 5) is 18.6. The van der Waals surface area contributed by atoms with Crippen molar-refractivity contribution in [1.82, 2.24) is 20.5 Å². The highest BCUT2D eigenvalue weighted by Gasteiger charge is 2.31. The second-order valence-corrected chi connectivity index (χ2v) is 10.4. The van der Waals surface area contributed by atoms with Crippen molar-refractivity contribution < 1.29 is 27.4 Å². The third-order valence-corrected chi connectivity index (χ3v) is 7.09. The fourth-order valence-electron chi connectivity index (χ4n) is 4.99. The van der Waals surface area contributed by atoms with Crippen molar-refractivity contribution in [3.8, 4) is 22.6 Å². The van der Waals surface area contributed by atoms with Crippen LogP contribution in [0.2, 0.25) is 0 Å². The van der Waals surface area contributed by atoms with Crippen LogP contribution in [0.3, 0.4) is 0 Å². The molecule has 1 aliphatic rings. The molecule has 5 rings (SSSR count). The number of nitrogens with one attached hydrogen (secondary N) is 3. The molecule has 1 fully saturated rings. The van der Waals surface area contributed by atoms with Gasteiger partial charge in [0.25, 0.3) is 0 Å². The normalized spacial score (nSPS) is 13.7. The first kappa shape index (κ1) is 30.8.